The number of aliphatic hydroxyl groups is 1. The van der Waals surface area contributed by atoms with Crippen molar-refractivity contribution >= 4 is 11.8 Å². The highest BCUT2D eigenvalue weighted by atomic mass is 16.5. The highest BCUT2D eigenvalue weighted by molar-refractivity contribution is 6.40. The van der Waals surface area contributed by atoms with E-state index < -0.39 is 11.8 Å². The second-order valence-corrected chi connectivity index (χ2v) is 2.19. The van der Waals surface area contributed by atoms with E-state index in [1.54, 1.807) is 30.3 Å². The molecule has 1 aromatic carbocycles. The van der Waals surface area contributed by atoms with Crippen LogP contribution in [-0.2, 0) is 9.53 Å². The molecule has 0 amide bonds. The van der Waals surface area contributed by atoms with E-state index in [2.05, 4.69) is 4.74 Å². The summed E-state index contributed by atoms with van der Waals surface area (Å²) in [6.07, 6.45) is 0. The fourth-order valence-electron chi connectivity index (χ4n) is 0.800. The Labute approximate surface area is 82.1 Å². The zero-order chi connectivity index (χ0) is 11.0. The van der Waals surface area contributed by atoms with Crippen LogP contribution in [0.2, 0.25) is 0 Å². The molecule has 76 valence electrons. The van der Waals surface area contributed by atoms with Crippen LogP contribution in [0.4, 0.5) is 0 Å². The molecule has 0 saturated carbocycles. The molecular formula is C10H12O4. The average molecular weight is 196 g/mol. The van der Waals surface area contributed by atoms with Crippen molar-refractivity contribution in [2.45, 2.75) is 0 Å². The number of methoxy groups -OCH3 is 1. The van der Waals surface area contributed by atoms with Crippen LogP contribution in [0.5, 0.6) is 0 Å². The molecular weight excluding hydrogens is 184 g/mol. The minimum Gasteiger partial charge on any atom is -0.463 e. The lowest BCUT2D eigenvalue weighted by Crippen LogP contribution is -2.15. The fourth-order valence-corrected chi connectivity index (χ4v) is 0.800. The zero-order valence-corrected chi connectivity index (χ0v) is 8.06. The number of carbonyl (C=O) groups is 2. The third-order valence-electron chi connectivity index (χ3n) is 1.41. The van der Waals surface area contributed by atoms with Crippen LogP contribution in [0, 0.1) is 0 Å². The lowest BCUT2D eigenvalue weighted by atomic mass is 10.1. The van der Waals surface area contributed by atoms with Crippen LogP contribution < -0.4 is 0 Å². The molecule has 0 bridgehead atoms. The van der Waals surface area contributed by atoms with Gasteiger partial charge in [-0.3, -0.25) is 4.79 Å². The van der Waals surface area contributed by atoms with E-state index in [4.69, 9.17) is 5.11 Å². The van der Waals surface area contributed by atoms with Gasteiger partial charge >= 0.3 is 5.97 Å². The number of ether oxygens (including phenoxy) is 1. The van der Waals surface area contributed by atoms with E-state index in [1.165, 1.54) is 7.11 Å². The van der Waals surface area contributed by atoms with Gasteiger partial charge in [-0.25, -0.2) is 4.79 Å². The molecule has 0 unspecified atom stereocenters. The number of rotatable bonds is 2. The first-order valence-corrected chi connectivity index (χ1v) is 3.88. The van der Waals surface area contributed by atoms with Gasteiger partial charge in [0.05, 0.1) is 7.11 Å². The molecule has 1 N–H and O–H groups in total. The predicted molar refractivity (Wildman–Crippen MR) is 50.9 cm³/mol. The third kappa shape index (κ3) is 3.37. The minimum atomic E-state index is -0.832. The Kier molecular flexibility index (Phi) is 5.98. The van der Waals surface area contributed by atoms with Gasteiger partial charge in [0.1, 0.15) is 0 Å². The Bertz CT molecular complexity index is 292. The standard InChI is InChI=1S/C9H8O3.CH4O/c1-12-9(11)8(10)7-5-3-2-4-6-7;1-2/h2-6H,1H3;2H,1H3. The molecule has 0 spiro atoms. The molecule has 0 fully saturated rings. The summed E-state index contributed by atoms with van der Waals surface area (Å²) in [6.45, 7) is 0. The Morgan fingerprint density at radius 2 is 1.64 bits per heavy atom. The van der Waals surface area contributed by atoms with Gasteiger partial charge in [0.2, 0.25) is 0 Å². The third-order valence-corrected chi connectivity index (χ3v) is 1.41. The summed E-state index contributed by atoms with van der Waals surface area (Å²) in [5.41, 5.74) is 0.351. The molecule has 0 aliphatic carbocycles. The summed E-state index contributed by atoms with van der Waals surface area (Å²) >= 11 is 0. The van der Waals surface area contributed by atoms with Crippen LogP contribution in [0.1, 0.15) is 10.4 Å². The SMILES string of the molecule is CO.COC(=O)C(=O)c1ccccc1. The van der Waals surface area contributed by atoms with Crippen LogP contribution in [0.25, 0.3) is 0 Å². The van der Waals surface area contributed by atoms with Crippen molar-refractivity contribution in [3.05, 3.63) is 35.9 Å². The highest BCUT2D eigenvalue weighted by Crippen LogP contribution is 2.00. The number of aliphatic hydroxyl groups excluding tert-OH is 1. The molecule has 1 aromatic rings. The summed E-state index contributed by atoms with van der Waals surface area (Å²) in [6, 6.07) is 8.29. The van der Waals surface area contributed by atoms with Gasteiger partial charge in [0, 0.05) is 12.7 Å². The molecule has 4 heteroatoms. The number of Topliss-reactive ketones (excluding diaryl/α,β-unsaturated/α-hetero) is 1. The number of ketones is 1. The molecule has 0 radical (unpaired) electrons. The maximum Gasteiger partial charge on any atom is 0.379 e. The van der Waals surface area contributed by atoms with Crippen LogP contribution >= 0.6 is 0 Å². The van der Waals surface area contributed by atoms with Gasteiger partial charge < -0.3 is 9.84 Å². The van der Waals surface area contributed by atoms with Crippen molar-refractivity contribution in [1.29, 1.82) is 0 Å². The molecule has 4 nitrogen and oxygen atoms in total. The second kappa shape index (κ2) is 6.80. The van der Waals surface area contributed by atoms with Crippen LogP contribution in [-0.4, -0.2) is 31.1 Å². The Hall–Kier alpha value is -1.68. The average Bonchev–Trinajstić information content (AvgIpc) is 2.31. The van der Waals surface area contributed by atoms with E-state index in [0.29, 0.717) is 5.56 Å². The number of hydrogen-bond donors (Lipinski definition) is 1. The molecule has 0 aliphatic heterocycles. The first-order chi connectivity index (χ1) is 6.75. The van der Waals surface area contributed by atoms with Gasteiger partial charge in [-0.15, -0.1) is 0 Å². The summed E-state index contributed by atoms with van der Waals surface area (Å²) in [5, 5.41) is 7.00. The van der Waals surface area contributed by atoms with Crippen LogP contribution in [0.15, 0.2) is 30.3 Å². The van der Waals surface area contributed by atoms with Crippen molar-refractivity contribution < 1.29 is 19.4 Å². The maximum atomic E-state index is 11.1. The first-order valence-electron chi connectivity index (χ1n) is 3.88. The Balaban J connectivity index is 0.000000791. The smallest absolute Gasteiger partial charge is 0.379 e. The summed E-state index contributed by atoms with van der Waals surface area (Å²) in [4.78, 5) is 21.8. The first kappa shape index (κ1) is 12.3. The second-order valence-electron chi connectivity index (χ2n) is 2.19. The van der Waals surface area contributed by atoms with Crippen molar-refractivity contribution in [3.63, 3.8) is 0 Å². The van der Waals surface area contributed by atoms with E-state index >= 15 is 0 Å². The van der Waals surface area contributed by atoms with Gasteiger partial charge in [0.15, 0.2) is 0 Å². The normalized spacial score (nSPS) is 8.21. The topological polar surface area (TPSA) is 63.6 Å². The molecule has 0 aliphatic rings. The van der Waals surface area contributed by atoms with Crippen molar-refractivity contribution in [2.75, 3.05) is 14.2 Å². The quantitative estimate of drug-likeness (QED) is 0.428. The van der Waals surface area contributed by atoms with Crippen molar-refractivity contribution in [3.8, 4) is 0 Å². The zero-order valence-electron chi connectivity index (χ0n) is 8.06. The molecule has 0 heterocycles. The van der Waals surface area contributed by atoms with Crippen LogP contribution in [0.3, 0.4) is 0 Å². The molecule has 0 aromatic heterocycles. The lowest BCUT2D eigenvalue weighted by molar-refractivity contribution is -0.135. The molecule has 0 atom stereocenters. The van der Waals surface area contributed by atoms with Gasteiger partial charge in [-0.05, 0) is 0 Å². The highest BCUT2D eigenvalue weighted by Gasteiger charge is 2.14. The van der Waals surface area contributed by atoms with E-state index in [-0.39, 0.29) is 0 Å². The van der Waals surface area contributed by atoms with Gasteiger partial charge in [0.25, 0.3) is 5.78 Å². The summed E-state index contributed by atoms with van der Waals surface area (Å²) in [7, 11) is 2.18. The predicted octanol–water partition coefficient (Wildman–Crippen LogP) is 0.651. The van der Waals surface area contributed by atoms with E-state index in [1.807, 2.05) is 0 Å². The molecule has 14 heavy (non-hydrogen) atoms. The van der Waals surface area contributed by atoms with E-state index in [9.17, 15) is 9.59 Å². The van der Waals surface area contributed by atoms with Crippen molar-refractivity contribution in [2.24, 2.45) is 0 Å². The lowest BCUT2D eigenvalue weighted by Gasteiger charge is -1.96. The maximum absolute atomic E-state index is 11.1. The summed E-state index contributed by atoms with van der Waals surface area (Å²) in [5.74, 6) is -1.45. The largest absolute Gasteiger partial charge is 0.463 e. The fraction of sp³-hybridized carbons (Fsp3) is 0.200. The summed E-state index contributed by atoms with van der Waals surface area (Å²) < 4.78 is 4.28. The van der Waals surface area contributed by atoms with Gasteiger partial charge in [-0.1, -0.05) is 30.3 Å². The molecule has 0 saturated heterocycles. The Morgan fingerprint density at radius 1 is 1.14 bits per heavy atom. The number of carbonyl (C=O) groups excluding carboxylic acids is 2. The number of esters is 1. The van der Waals surface area contributed by atoms with Gasteiger partial charge in [-0.2, -0.15) is 0 Å². The van der Waals surface area contributed by atoms with Crippen molar-refractivity contribution in [1.82, 2.24) is 0 Å². The number of benzene rings is 1. The van der Waals surface area contributed by atoms with E-state index in [0.717, 1.165) is 7.11 Å². The monoisotopic (exact) mass is 196 g/mol. The number of hydrogen-bond acceptors (Lipinski definition) is 4. The Morgan fingerprint density at radius 3 is 2.07 bits per heavy atom. The minimum absolute atomic E-state index is 0.351. The molecule has 1 rings (SSSR count).